The molecule has 0 bridgehead atoms. The van der Waals surface area contributed by atoms with Gasteiger partial charge in [-0.1, -0.05) is 29.8 Å². The minimum atomic E-state index is 0.267. The Morgan fingerprint density at radius 3 is 2.93 bits per heavy atom. The van der Waals surface area contributed by atoms with E-state index in [1.54, 1.807) is 0 Å². The van der Waals surface area contributed by atoms with Gasteiger partial charge in [0.2, 0.25) is 0 Å². The summed E-state index contributed by atoms with van der Waals surface area (Å²) in [5.41, 5.74) is 5.39. The fourth-order valence-corrected chi connectivity index (χ4v) is 1.63. The highest BCUT2D eigenvalue weighted by Crippen LogP contribution is 2.09. The SMILES string of the molecule is C#CCCC(Cc1cccc(C)c1)NN. The second-order valence-electron chi connectivity index (χ2n) is 3.80. The van der Waals surface area contributed by atoms with Crippen molar-refractivity contribution in [2.45, 2.75) is 32.2 Å². The van der Waals surface area contributed by atoms with Gasteiger partial charge in [0.05, 0.1) is 0 Å². The van der Waals surface area contributed by atoms with Gasteiger partial charge in [0.1, 0.15) is 0 Å². The van der Waals surface area contributed by atoms with Crippen molar-refractivity contribution in [3.8, 4) is 12.3 Å². The Balaban J connectivity index is 2.55. The third-order valence-electron chi connectivity index (χ3n) is 2.44. The molecule has 2 heteroatoms. The molecule has 2 nitrogen and oxygen atoms in total. The molecule has 1 aromatic rings. The first-order valence-corrected chi connectivity index (χ1v) is 5.21. The molecule has 0 saturated carbocycles. The van der Waals surface area contributed by atoms with E-state index >= 15 is 0 Å². The zero-order valence-corrected chi connectivity index (χ0v) is 9.16. The summed E-state index contributed by atoms with van der Waals surface area (Å²) < 4.78 is 0. The molecule has 3 N–H and O–H groups in total. The van der Waals surface area contributed by atoms with E-state index in [-0.39, 0.29) is 6.04 Å². The summed E-state index contributed by atoms with van der Waals surface area (Å²) in [4.78, 5) is 0. The average Bonchev–Trinajstić information content (AvgIpc) is 2.24. The zero-order valence-electron chi connectivity index (χ0n) is 9.16. The minimum absolute atomic E-state index is 0.267. The number of benzene rings is 1. The number of rotatable bonds is 5. The van der Waals surface area contributed by atoms with Gasteiger partial charge in [-0.3, -0.25) is 11.3 Å². The van der Waals surface area contributed by atoms with Crippen LogP contribution in [0.2, 0.25) is 0 Å². The van der Waals surface area contributed by atoms with Crippen molar-refractivity contribution in [1.29, 1.82) is 0 Å². The second-order valence-corrected chi connectivity index (χ2v) is 3.80. The number of aryl methyl sites for hydroxylation is 1. The molecule has 0 aliphatic heterocycles. The molecular formula is C13H18N2. The molecule has 1 aromatic carbocycles. The lowest BCUT2D eigenvalue weighted by Gasteiger charge is -2.14. The Bertz CT molecular complexity index is 339. The second kappa shape index (κ2) is 6.23. The molecule has 1 rings (SSSR count). The number of hydrazine groups is 1. The summed E-state index contributed by atoms with van der Waals surface area (Å²) in [6.45, 7) is 2.09. The van der Waals surface area contributed by atoms with Crippen molar-refractivity contribution < 1.29 is 0 Å². The highest BCUT2D eigenvalue weighted by molar-refractivity contribution is 5.22. The molecule has 80 valence electrons. The van der Waals surface area contributed by atoms with E-state index in [2.05, 4.69) is 42.5 Å². The van der Waals surface area contributed by atoms with Crippen molar-refractivity contribution in [2.75, 3.05) is 0 Å². The van der Waals surface area contributed by atoms with E-state index in [4.69, 9.17) is 12.3 Å². The lowest BCUT2D eigenvalue weighted by Crippen LogP contribution is -2.36. The third kappa shape index (κ3) is 4.16. The molecule has 0 aliphatic rings. The molecule has 0 heterocycles. The van der Waals surface area contributed by atoms with Gasteiger partial charge in [0, 0.05) is 12.5 Å². The molecule has 0 amide bonds. The van der Waals surface area contributed by atoms with Crippen LogP contribution in [0, 0.1) is 19.3 Å². The quantitative estimate of drug-likeness (QED) is 0.434. The van der Waals surface area contributed by atoms with E-state index in [9.17, 15) is 0 Å². The van der Waals surface area contributed by atoms with Crippen molar-refractivity contribution in [3.05, 3.63) is 35.4 Å². The molecule has 1 atom stereocenters. The van der Waals surface area contributed by atoms with Crippen molar-refractivity contribution >= 4 is 0 Å². The number of terminal acetylenes is 1. The van der Waals surface area contributed by atoms with Crippen molar-refractivity contribution in [1.82, 2.24) is 5.43 Å². The number of hydrogen-bond acceptors (Lipinski definition) is 2. The van der Waals surface area contributed by atoms with Crippen LogP contribution in [0.4, 0.5) is 0 Å². The van der Waals surface area contributed by atoms with Crippen LogP contribution >= 0.6 is 0 Å². The van der Waals surface area contributed by atoms with Gasteiger partial charge in [-0.05, 0) is 25.3 Å². The smallest absolute Gasteiger partial charge is 0.0259 e. The molecule has 0 aromatic heterocycles. The summed E-state index contributed by atoms with van der Waals surface area (Å²) in [5, 5.41) is 0. The van der Waals surface area contributed by atoms with E-state index in [0.29, 0.717) is 0 Å². The number of nitrogens with one attached hydrogen (secondary N) is 1. The first-order chi connectivity index (χ1) is 7.26. The Labute approximate surface area is 91.8 Å². The van der Waals surface area contributed by atoms with Crippen LogP contribution in [0.15, 0.2) is 24.3 Å². The molecular weight excluding hydrogens is 184 g/mol. The maximum absolute atomic E-state index is 5.48. The summed E-state index contributed by atoms with van der Waals surface area (Å²) in [7, 11) is 0. The van der Waals surface area contributed by atoms with Gasteiger partial charge in [-0.2, -0.15) is 0 Å². The molecule has 0 spiro atoms. The maximum Gasteiger partial charge on any atom is 0.0259 e. The van der Waals surface area contributed by atoms with Gasteiger partial charge >= 0.3 is 0 Å². The van der Waals surface area contributed by atoms with Gasteiger partial charge < -0.3 is 0 Å². The monoisotopic (exact) mass is 202 g/mol. The third-order valence-corrected chi connectivity index (χ3v) is 2.44. The summed E-state index contributed by atoms with van der Waals surface area (Å²) >= 11 is 0. The largest absolute Gasteiger partial charge is 0.271 e. The molecule has 15 heavy (non-hydrogen) atoms. The maximum atomic E-state index is 5.48. The standard InChI is InChI=1S/C13H18N2/c1-3-4-8-13(15-14)10-12-7-5-6-11(2)9-12/h1,5-7,9,13,15H,4,8,10,14H2,2H3. The van der Waals surface area contributed by atoms with Crippen LogP contribution in [0.1, 0.15) is 24.0 Å². The Morgan fingerprint density at radius 1 is 1.53 bits per heavy atom. The van der Waals surface area contributed by atoms with E-state index in [1.165, 1.54) is 11.1 Å². The van der Waals surface area contributed by atoms with Crippen LogP contribution in [0.25, 0.3) is 0 Å². The zero-order chi connectivity index (χ0) is 11.1. The first-order valence-electron chi connectivity index (χ1n) is 5.21. The van der Waals surface area contributed by atoms with Gasteiger partial charge in [-0.25, -0.2) is 0 Å². The topological polar surface area (TPSA) is 38.0 Å². The van der Waals surface area contributed by atoms with Gasteiger partial charge in [0.25, 0.3) is 0 Å². The fourth-order valence-electron chi connectivity index (χ4n) is 1.63. The summed E-state index contributed by atoms with van der Waals surface area (Å²) in [5.74, 6) is 8.11. The summed E-state index contributed by atoms with van der Waals surface area (Å²) in [6.07, 6.45) is 7.84. The molecule has 1 unspecified atom stereocenters. The fraction of sp³-hybridized carbons (Fsp3) is 0.385. The van der Waals surface area contributed by atoms with E-state index in [1.807, 2.05) is 0 Å². The highest BCUT2D eigenvalue weighted by atomic mass is 15.2. The Morgan fingerprint density at radius 2 is 2.33 bits per heavy atom. The number of nitrogens with two attached hydrogens (primary N) is 1. The predicted octanol–water partition coefficient (Wildman–Crippen LogP) is 1.78. The van der Waals surface area contributed by atoms with Gasteiger partial charge in [-0.15, -0.1) is 12.3 Å². The van der Waals surface area contributed by atoms with Crippen LogP contribution in [0.5, 0.6) is 0 Å². The average molecular weight is 202 g/mol. The van der Waals surface area contributed by atoms with Crippen molar-refractivity contribution in [2.24, 2.45) is 5.84 Å². The summed E-state index contributed by atoms with van der Waals surface area (Å²) in [6, 6.07) is 8.73. The van der Waals surface area contributed by atoms with Crippen LogP contribution in [-0.4, -0.2) is 6.04 Å². The normalized spacial score (nSPS) is 12.1. The number of hydrogen-bond donors (Lipinski definition) is 2. The predicted molar refractivity (Wildman–Crippen MR) is 64.1 cm³/mol. The highest BCUT2D eigenvalue weighted by Gasteiger charge is 2.06. The Hall–Kier alpha value is -1.30. The Kier molecular flexibility index (Phi) is 4.89. The lowest BCUT2D eigenvalue weighted by atomic mass is 10.0. The van der Waals surface area contributed by atoms with Crippen molar-refractivity contribution in [3.63, 3.8) is 0 Å². The molecule has 0 aliphatic carbocycles. The van der Waals surface area contributed by atoms with Crippen LogP contribution in [-0.2, 0) is 6.42 Å². The lowest BCUT2D eigenvalue weighted by molar-refractivity contribution is 0.498. The van der Waals surface area contributed by atoms with Crippen LogP contribution < -0.4 is 11.3 Å². The van der Waals surface area contributed by atoms with E-state index in [0.717, 1.165) is 19.3 Å². The first kappa shape index (κ1) is 11.8. The van der Waals surface area contributed by atoms with E-state index < -0.39 is 0 Å². The molecule has 0 saturated heterocycles. The molecule has 0 fully saturated rings. The van der Waals surface area contributed by atoms with Crippen LogP contribution in [0.3, 0.4) is 0 Å². The minimum Gasteiger partial charge on any atom is -0.271 e. The molecule has 0 radical (unpaired) electrons. The van der Waals surface area contributed by atoms with Gasteiger partial charge in [0.15, 0.2) is 0 Å².